The molecule has 96 valence electrons. The van der Waals surface area contributed by atoms with Gasteiger partial charge >= 0.3 is 0 Å². The van der Waals surface area contributed by atoms with Gasteiger partial charge in [0.15, 0.2) is 5.78 Å². The molecule has 0 bridgehead atoms. The average molecular weight is 243 g/mol. The Labute approximate surface area is 109 Å². The largest absolute Gasteiger partial charge is 0.300 e. The molecule has 2 aliphatic rings. The minimum Gasteiger partial charge on any atom is -0.300 e. The lowest BCUT2D eigenvalue weighted by molar-refractivity contribution is 0.0936. The van der Waals surface area contributed by atoms with Crippen molar-refractivity contribution in [3.8, 4) is 0 Å². The van der Waals surface area contributed by atoms with Crippen LogP contribution in [0.4, 0.5) is 0 Å². The van der Waals surface area contributed by atoms with Crippen molar-refractivity contribution in [1.82, 2.24) is 4.90 Å². The molecule has 18 heavy (non-hydrogen) atoms. The molecule has 1 unspecified atom stereocenters. The van der Waals surface area contributed by atoms with Crippen LogP contribution in [0.2, 0.25) is 0 Å². The fourth-order valence-electron chi connectivity index (χ4n) is 3.33. The van der Waals surface area contributed by atoms with Crippen molar-refractivity contribution < 1.29 is 4.79 Å². The van der Waals surface area contributed by atoms with Crippen LogP contribution >= 0.6 is 0 Å². The Kier molecular flexibility index (Phi) is 3.21. The topological polar surface area (TPSA) is 20.3 Å². The zero-order valence-corrected chi connectivity index (χ0v) is 11.1. The third kappa shape index (κ3) is 2.22. The van der Waals surface area contributed by atoms with Crippen molar-refractivity contribution in [2.75, 3.05) is 13.1 Å². The van der Waals surface area contributed by atoms with E-state index in [1.165, 1.54) is 37.1 Å². The zero-order chi connectivity index (χ0) is 12.5. The van der Waals surface area contributed by atoms with E-state index in [0.717, 1.165) is 24.8 Å². The summed E-state index contributed by atoms with van der Waals surface area (Å²) in [6, 6.07) is 6.83. The Balaban J connectivity index is 1.83. The Morgan fingerprint density at radius 2 is 2.00 bits per heavy atom. The van der Waals surface area contributed by atoms with Crippen molar-refractivity contribution in [2.45, 2.75) is 45.1 Å². The first-order valence-electron chi connectivity index (χ1n) is 7.11. The second-order valence-electron chi connectivity index (χ2n) is 5.72. The van der Waals surface area contributed by atoms with Crippen molar-refractivity contribution in [2.24, 2.45) is 0 Å². The van der Waals surface area contributed by atoms with Crippen LogP contribution in [0.1, 0.15) is 47.2 Å². The second kappa shape index (κ2) is 4.85. The van der Waals surface area contributed by atoms with Gasteiger partial charge in [-0.15, -0.1) is 0 Å². The molecule has 1 aliphatic carbocycles. The fourth-order valence-corrected chi connectivity index (χ4v) is 3.33. The van der Waals surface area contributed by atoms with E-state index < -0.39 is 0 Å². The van der Waals surface area contributed by atoms with E-state index in [1.54, 1.807) is 0 Å². The number of fused-ring (bicyclic) bond motifs is 1. The second-order valence-corrected chi connectivity index (χ2v) is 5.72. The summed E-state index contributed by atoms with van der Waals surface area (Å²) in [5.41, 5.74) is 3.44. The Morgan fingerprint density at radius 3 is 2.78 bits per heavy atom. The maximum atomic E-state index is 12.4. The highest BCUT2D eigenvalue weighted by atomic mass is 16.1. The molecule has 2 heteroatoms. The molecule has 0 amide bonds. The van der Waals surface area contributed by atoms with Crippen molar-refractivity contribution in [3.05, 3.63) is 34.9 Å². The van der Waals surface area contributed by atoms with Crippen LogP contribution in [-0.2, 0) is 6.42 Å². The first kappa shape index (κ1) is 11.9. The zero-order valence-electron chi connectivity index (χ0n) is 11.1. The summed E-state index contributed by atoms with van der Waals surface area (Å²) in [4.78, 5) is 14.9. The maximum absolute atomic E-state index is 12.4. The molecule has 1 fully saturated rings. The fraction of sp³-hybridized carbons (Fsp3) is 0.562. The third-order valence-corrected chi connectivity index (χ3v) is 4.39. The molecule has 0 saturated carbocycles. The van der Waals surface area contributed by atoms with Gasteiger partial charge in [0.05, 0.1) is 0 Å². The number of rotatable bonds is 1. The number of carbonyl (C=O) groups excluding carboxylic acids is 1. The monoisotopic (exact) mass is 243 g/mol. The lowest BCUT2D eigenvalue weighted by atomic mass is 10.00. The lowest BCUT2D eigenvalue weighted by Gasteiger charge is -2.25. The van der Waals surface area contributed by atoms with Crippen LogP contribution in [0.5, 0.6) is 0 Å². The Bertz CT molecular complexity index is 460. The summed E-state index contributed by atoms with van der Waals surface area (Å²) in [5.74, 6) is 0.350. The molecule has 0 radical (unpaired) electrons. The normalized spacial score (nSPS) is 24.9. The summed E-state index contributed by atoms with van der Waals surface area (Å²) >= 11 is 0. The van der Waals surface area contributed by atoms with Crippen LogP contribution in [0.25, 0.3) is 0 Å². The number of Topliss-reactive ketones (excluding diaryl/α,β-unsaturated/α-hetero) is 1. The molecule has 3 rings (SSSR count). The van der Waals surface area contributed by atoms with Crippen LogP contribution in [0, 0.1) is 6.92 Å². The number of nitrogens with zero attached hydrogens (tertiary/aromatic N) is 1. The molecule has 1 aliphatic heterocycles. The van der Waals surface area contributed by atoms with Gasteiger partial charge in [0.25, 0.3) is 0 Å². The lowest BCUT2D eigenvalue weighted by Crippen LogP contribution is -2.34. The number of carbonyl (C=O) groups is 1. The molecule has 0 aromatic heterocycles. The van der Waals surface area contributed by atoms with E-state index in [-0.39, 0.29) is 0 Å². The van der Waals surface area contributed by atoms with E-state index in [0.29, 0.717) is 11.8 Å². The van der Waals surface area contributed by atoms with Gasteiger partial charge in [0, 0.05) is 18.0 Å². The summed E-state index contributed by atoms with van der Waals surface area (Å²) in [7, 11) is 0. The highest BCUT2D eigenvalue weighted by Crippen LogP contribution is 2.26. The molecular formula is C16H21NO. The van der Waals surface area contributed by atoms with Gasteiger partial charge in [-0.25, -0.2) is 0 Å². The first-order chi connectivity index (χ1) is 8.74. The van der Waals surface area contributed by atoms with Crippen LogP contribution in [0.15, 0.2) is 18.2 Å². The van der Waals surface area contributed by atoms with Crippen molar-refractivity contribution in [3.63, 3.8) is 0 Å². The smallest absolute Gasteiger partial charge is 0.164 e. The number of ketones is 1. The van der Waals surface area contributed by atoms with E-state index in [2.05, 4.69) is 30.0 Å². The van der Waals surface area contributed by atoms with Gasteiger partial charge in [-0.05, 0) is 57.3 Å². The summed E-state index contributed by atoms with van der Waals surface area (Å²) in [6.07, 6.45) is 5.52. The van der Waals surface area contributed by atoms with Crippen LogP contribution in [-0.4, -0.2) is 29.8 Å². The molecular weight excluding hydrogens is 222 g/mol. The molecule has 1 saturated heterocycles. The Morgan fingerprint density at radius 1 is 1.22 bits per heavy atom. The summed E-state index contributed by atoms with van der Waals surface area (Å²) in [5, 5.41) is 0. The SMILES string of the molecule is Cc1ccc2c(c1)C(=O)CC(N1CCCC1)CC2. The molecule has 1 aromatic carbocycles. The Hall–Kier alpha value is -1.15. The highest BCUT2D eigenvalue weighted by molar-refractivity contribution is 5.98. The molecule has 1 heterocycles. The highest BCUT2D eigenvalue weighted by Gasteiger charge is 2.28. The number of aryl methyl sites for hydroxylation is 2. The minimum atomic E-state index is 0.350. The average Bonchev–Trinajstić information content (AvgIpc) is 2.84. The molecule has 1 atom stereocenters. The van der Waals surface area contributed by atoms with E-state index in [4.69, 9.17) is 0 Å². The van der Waals surface area contributed by atoms with Gasteiger partial charge < -0.3 is 0 Å². The van der Waals surface area contributed by atoms with E-state index in [9.17, 15) is 4.79 Å². The predicted octanol–water partition coefficient (Wildman–Crippen LogP) is 2.98. The minimum absolute atomic E-state index is 0.350. The quantitative estimate of drug-likeness (QED) is 0.707. The molecule has 1 aromatic rings. The number of hydrogen-bond acceptors (Lipinski definition) is 2. The van der Waals surface area contributed by atoms with E-state index >= 15 is 0 Å². The predicted molar refractivity (Wildman–Crippen MR) is 73.0 cm³/mol. The standard InChI is InChI=1S/C16H21NO/c1-12-4-5-13-6-7-14(17-8-2-3-9-17)11-16(18)15(13)10-12/h4-5,10,14H,2-3,6-9,11H2,1H3. The number of benzene rings is 1. The number of likely N-dealkylation sites (tertiary alicyclic amines) is 1. The molecule has 2 nitrogen and oxygen atoms in total. The van der Waals surface area contributed by atoms with Crippen LogP contribution < -0.4 is 0 Å². The van der Waals surface area contributed by atoms with Gasteiger partial charge in [0.1, 0.15) is 0 Å². The number of hydrogen-bond donors (Lipinski definition) is 0. The molecule has 0 N–H and O–H groups in total. The van der Waals surface area contributed by atoms with Crippen molar-refractivity contribution in [1.29, 1.82) is 0 Å². The van der Waals surface area contributed by atoms with E-state index in [1.807, 2.05) is 0 Å². The summed E-state index contributed by atoms with van der Waals surface area (Å²) in [6.45, 7) is 4.44. The third-order valence-electron chi connectivity index (χ3n) is 4.39. The van der Waals surface area contributed by atoms with Gasteiger partial charge in [-0.2, -0.15) is 0 Å². The van der Waals surface area contributed by atoms with Crippen molar-refractivity contribution >= 4 is 5.78 Å². The summed E-state index contributed by atoms with van der Waals surface area (Å²) < 4.78 is 0. The maximum Gasteiger partial charge on any atom is 0.164 e. The molecule has 0 spiro atoms. The van der Waals surface area contributed by atoms with Gasteiger partial charge in [-0.3, -0.25) is 9.69 Å². The van der Waals surface area contributed by atoms with Crippen LogP contribution in [0.3, 0.4) is 0 Å². The van der Waals surface area contributed by atoms with Gasteiger partial charge in [0.2, 0.25) is 0 Å². The first-order valence-corrected chi connectivity index (χ1v) is 7.11. The van der Waals surface area contributed by atoms with Gasteiger partial charge in [-0.1, -0.05) is 17.7 Å².